The molecule has 0 radical (unpaired) electrons. The Hall–Kier alpha value is -3.50. The average Bonchev–Trinajstić information content (AvgIpc) is 3.52. The number of amides is 2. The first-order valence-corrected chi connectivity index (χ1v) is 11.7. The van der Waals surface area contributed by atoms with Crippen molar-refractivity contribution in [3.63, 3.8) is 0 Å². The zero-order valence-electron chi connectivity index (χ0n) is 19.0. The van der Waals surface area contributed by atoms with Crippen LogP contribution in [-0.4, -0.2) is 73.3 Å². The fraction of sp³-hybridized carbons (Fsp3) is 0.565. The smallest absolute Gasteiger partial charge is 0.305 e. The number of benzene rings is 1. The summed E-state index contributed by atoms with van der Waals surface area (Å²) in [7, 11) is 0. The Balaban J connectivity index is 1.23. The van der Waals surface area contributed by atoms with Crippen LogP contribution in [0.4, 0.5) is 0 Å². The number of nitrogens with one attached hydrogen (secondary N) is 3. The average molecular weight is 474 g/mol. The topological polar surface area (TPSA) is 142 Å². The maximum absolute atomic E-state index is 12.9. The Morgan fingerprint density at radius 2 is 2.00 bits per heavy atom. The third kappa shape index (κ3) is 6.09. The van der Waals surface area contributed by atoms with Crippen molar-refractivity contribution < 1.29 is 29.0 Å². The van der Waals surface area contributed by atoms with Gasteiger partial charge in [-0.3, -0.25) is 19.4 Å². The number of ether oxygens (including phenoxy) is 2. The van der Waals surface area contributed by atoms with Gasteiger partial charge in [-0.15, -0.1) is 0 Å². The van der Waals surface area contributed by atoms with Crippen LogP contribution in [0.1, 0.15) is 43.7 Å². The Morgan fingerprint density at radius 3 is 2.74 bits per heavy atom. The SMILES string of the molecule is O=C(O)CC(NC(=O)C1CCN(C(=O)CCCNC2=NCCN2)CC1)c1ccc2c(c1)OCO2. The van der Waals surface area contributed by atoms with Crippen molar-refractivity contribution >= 4 is 23.7 Å². The first-order valence-electron chi connectivity index (χ1n) is 11.7. The number of nitrogens with zero attached hydrogens (tertiary/aromatic N) is 2. The summed E-state index contributed by atoms with van der Waals surface area (Å²) < 4.78 is 10.7. The number of rotatable bonds is 9. The number of carbonyl (C=O) groups is 3. The van der Waals surface area contributed by atoms with Crippen LogP contribution in [0.2, 0.25) is 0 Å². The van der Waals surface area contributed by atoms with E-state index in [4.69, 9.17) is 9.47 Å². The van der Waals surface area contributed by atoms with Crippen LogP contribution in [0, 0.1) is 5.92 Å². The zero-order valence-corrected chi connectivity index (χ0v) is 19.0. The quantitative estimate of drug-likeness (QED) is 0.383. The van der Waals surface area contributed by atoms with Crippen LogP contribution in [0.15, 0.2) is 23.2 Å². The Bertz CT molecular complexity index is 944. The molecule has 1 saturated heterocycles. The number of carboxylic acids is 1. The molecular weight excluding hydrogens is 442 g/mol. The van der Waals surface area contributed by atoms with Crippen molar-refractivity contribution in [1.82, 2.24) is 20.9 Å². The number of piperidine rings is 1. The maximum Gasteiger partial charge on any atom is 0.305 e. The predicted molar refractivity (Wildman–Crippen MR) is 123 cm³/mol. The summed E-state index contributed by atoms with van der Waals surface area (Å²) in [5.74, 6) is 0.561. The van der Waals surface area contributed by atoms with Gasteiger partial charge in [0, 0.05) is 38.5 Å². The molecule has 0 spiro atoms. The molecule has 2 amide bonds. The molecule has 3 heterocycles. The van der Waals surface area contributed by atoms with E-state index in [-0.39, 0.29) is 30.9 Å². The monoisotopic (exact) mass is 473 g/mol. The first-order chi connectivity index (χ1) is 16.5. The fourth-order valence-electron chi connectivity index (χ4n) is 4.36. The number of hydrogen-bond acceptors (Lipinski definition) is 8. The first kappa shape index (κ1) is 23.7. The van der Waals surface area contributed by atoms with E-state index in [1.165, 1.54) is 0 Å². The Kier molecular flexibility index (Phi) is 7.71. The third-order valence-corrected chi connectivity index (χ3v) is 6.25. The highest BCUT2D eigenvalue weighted by molar-refractivity contribution is 5.82. The number of guanidine groups is 1. The van der Waals surface area contributed by atoms with Gasteiger partial charge in [0.25, 0.3) is 0 Å². The molecule has 0 saturated carbocycles. The van der Waals surface area contributed by atoms with E-state index in [1.807, 2.05) is 4.90 Å². The molecule has 4 N–H and O–H groups in total. The molecule has 184 valence electrons. The number of fused-ring (bicyclic) bond motifs is 1. The van der Waals surface area contributed by atoms with Gasteiger partial charge in [-0.05, 0) is 37.0 Å². The van der Waals surface area contributed by atoms with E-state index in [0.717, 1.165) is 19.0 Å². The summed E-state index contributed by atoms with van der Waals surface area (Å²) in [6.07, 6.45) is 2.03. The molecule has 34 heavy (non-hydrogen) atoms. The second kappa shape index (κ2) is 11.1. The number of likely N-dealkylation sites (tertiary alicyclic amines) is 1. The number of carbonyl (C=O) groups excluding carboxylic acids is 2. The molecule has 1 atom stereocenters. The zero-order chi connectivity index (χ0) is 23.9. The maximum atomic E-state index is 12.9. The van der Waals surface area contributed by atoms with E-state index >= 15 is 0 Å². The van der Waals surface area contributed by atoms with Crippen LogP contribution in [0.3, 0.4) is 0 Å². The highest BCUT2D eigenvalue weighted by atomic mass is 16.7. The molecule has 0 bridgehead atoms. The van der Waals surface area contributed by atoms with Crippen LogP contribution in [0.25, 0.3) is 0 Å². The lowest BCUT2D eigenvalue weighted by molar-refractivity contribution is -0.139. The lowest BCUT2D eigenvalue weighted by Crippen LogP contribution is -2.44. The molecule has 1 aromatic carbocycles. The van der Waals surface area contributed by atoms with E-state index in [1.54, 1.807) is 18.2 Å². The molecule has 1 unspecified atom stereocenters. The van der Waals surface area contributed by atoms with Crippen LogP contribution >= 0.6 is 0 Å². The highest BCUT2D eigenvalue weighted by Gasteiger charge is 2.30. The fourth-order valence-corrected chi connectivity index (χ4v) is 4.36. The lowest BCUT2D eigenvalue weighted by atomic mass is 9.94. The molecule has 3 aliphatic heterocycles. The molecule has 11 heteroatoms. The predicted octanol–water partition coefficient (Wildman–Crippen LogP) is 0.615. The lowest BCUT2D eigenvalue weighted by Gasteiger charge is -2.32. The Morgan fingerprint density at radius 1 is 1.21 bits per heavy atom. The van der Waals surface area contributed by atoms with E-state index in [0.29, 0.717) is 62.4 Å². The molecular formula is C23H31N5O6. The van der Waals surface area contributed by atoms with Crippen LogP contribution in [0.5, 0.6) is 11.5 Å². The summed E-state index contributed by atoms with van der Waals surface area (Å²) in [5, 5.41) is 18.5. The van der Waals surface area contributed by atoms with Crippen molar-refractivity contribution in [1.29, 1.82) is 0 Å². The van der Waals surface area contributed by atoms with Gasteiger partial charge in [0.05, 0.1) is 19.0 Å². The molecule has 11 nitrogen and oxygen atoms in total. The largest absolute Gasteiger partial charge is 0.481 e. The number of hydrogen-bond donors (Lipinski definition) is 4. The van der Waals surface area contributed by atoms with Gasteiger partial charge >= 0.3 is 5.97 Å². The van der Waals surface area contributed by atoms with Crippen molar-refractivity contribution in [3.8, 4) is 11.5 Å². The summed E-state index contributed by atoms with van der Waals surface area (Å²) in [5.41, 5.74) is 0.653. The number of aliphatic carboxylic acids is 1. The van der Waals surface area contributed by atoms with Gasteiger partial charge in [-0.1, -0.05) is 6.07 Å². The van der Waals surface area contributed by atoms with Crippen LogP contribution < -0.4 is 25.4 Å². The summed E-state index contributed by atoms with van der Waals surface area (Å²) in [6, 6.07) is 4.50. The van der Waals surface area contributed by atoms with Gasteiger partial charge in [-0.2, -0.15) is 0 Å². The minimum atomic E-state index is -1.01. The minimum absolute atomic E-state index is 0.0890. The highest BCUT2D eigenvalue weighted by Crippen LogP contribution is 2.35. The molecule has 4 rings (SSSR count). The van der Waals surface area contributed by atoms with Crippen molar-refractivity contribution in [2.75, 3.05) is 39.5 Å². The van der Waals surface area contributed by atoms with Gasteiger partial charge in [0.2, 0.25) is 18.6 Å². The van der Waals surface area contributed by atoms with E-state index in [9.17, 15) is 19.5 Å². The van der Waals surface area contributed by atoms with Crippen LogP contribution in [-0.2, 0) is 14.4 Å². The van der Waals surface area contributed by atoms with E-state index < -0.39 is 12.0 Å². The van der Waals surface area contributed by atoms with Crippen molar-refractivity contribution in [2.45, 2.75) is 38.1 Å². The third-order valence-electron chi connectivity index (χ3n) is 6.25. The molecule has 1 fully saturated rings. The summed E-state index contributed by atoms with van der Waals surface area (Å²) in [6.45, 7) is 3.46. The summed E-state index contributed by atoms with van der Waals surface area (Å²) >= 11 is 0. The number of aliphatic imine (C=N–C) groups is 1. The molecule has 0 aromatic heterocycles. The van der Waals surface area contributed by atoms with Gasteiger partial charge in [0.15, 0.2) is 17.5 Å². The normalized spacial score (nSPS) is 18.1. The van der Waals surface area contributed by atoms with Gasteiger partial charge < -0.3 is 35.4 Å². The second-order valence-corrected chi connectivity index (χ2v) is 8.61. The molecule has 3 aliphatic rings. The second-order valence-electron chi connectivity index (χ2n) is 8.61. The van der Waals surface area contributed by atoms with Crippen molar-refractivity contribution in [2.24, 2.45) is 10.9 Å². The minimum Gasteiger partial charge on any atom is -0.481 e. The van der Waals surface area contributed by atoms with Gasteiger partial charge in [0.1, 0.15) is 0 Å². The van der Waals surface area contributed by atoms with E-state index in [2.05, 4.69) is 20.9 Å². The van der Waals surface area contributed by atoms with Crippen molar-refractivity contribution in [3.05, 3.63) is 23.8 Å². The molecule has 0 aliphatic carbocycles. The van der Waals surface area contributed by atoms with Gasteiger partial charge in [-0.25, -0.2) is 0 Å². The Labute approximate surface area is 197 Å². The molecule has 1 aromatic rings. The standard InChI is InChI=1S/C23H31N5O6/c29-20(2-1-7-24-23-25-8-9-26-23)28-10-5-15(6-11-28)22(32)27-17(13-21(30)31)16-3-4-18-19(12-16)34-14-33-18/h3-4,12,15,17H,1-2,5-11,13-14H2,(H,27,32)(H,30,31)(H2,24,25,26). The number of carboxylic acid groups (broad SMARTS) is 1. The summed E-state index contributed by atoms with van der Waals surface area (Å²) in [4.78, 5) is 42.9.